The van der Waals surface area contributed by atoms with Crippen molar-refractivity contribution in [2.75, 3.05) is 5.32 Å². The maximum absolute atomic E-state index is 11.5. The van der Waals surface area contributed by atoms with Crippen molar-refractivity contribution in [1.29, 1.82) is 0 Å². The summed E-state index contributed by atoms with van der Waals surface area (Å²) in [6, 6.07) is 0.310. The van der Waals surface area contributed by atoms with Crippen LogP contribution in [0.25, 0.3) is 11.2 Å². The van der Waals surface area contributed by atoms with Gasteiger partial charge in [0.2, 0.25) is 0 Å². The van der Waals surface area contributed by atoms with Gasteiger partial charge in [-0.3, -0.25) is 0 Å². The van der Waals surface area contributed by atoms with Crippen LogP contribution in [0.1, 0.15) is 75.0 Å². The van der Waals surface area contributed by atoms with Crippen LogP contribution in [-0.4, -0.2) is 35.7 Å². The van der Waals surface area contributed by atoms with Gasteiger partial charge in [0.05, 0.1) is 17.9 Å². The maximum atomic E-state index is 11.5. The first kappa shape index (κ1) is 21.2. The van der Waals surface area contributed by atoms with Gasteiger partial charge < -0.3 is 15.0 Å². The van der Waals surface area contributed by atoms with Gasteiger partial charge in [-0.2, -0.15) is 0 Å². The number of rotatable bonds is 7. The third-order valence-electron chi connectivity index (χ3n) is 6.18. The number of nitrogens with zero attached hydrogens (tertiary/aromatic N) is 5. The van der Waals surface area contributed by atoms with Crippen LogP contribution < -0.4 is 5.32 Å². The number of aromatic nitrogens is 5. The molecule has 0 saturated heterocycles. The molecule has 7 nitrogen and oxygen atoms in total. The summed E-state index contributed by atoms with van der Waals surface area (Å²) in [5, 5.41) is 16.1. The van der Waals surface area contributed by atoms with Crippen molar-refractivity contribution in [3.8, 4) is 0 Å². The summed E-state index contributed by atoms with van der Waals surface area (Å²) >= 11 is 1.68. The minimum Gasteiger partial charge on any atom is -0.382 e. The smallest absolute Gasteiger partial charge is 0.166 e. The molecule has 1 aliphatic carbocycles. The number of hydrogen-bond acceptors (Lipinski definition) is 7. The summed E-state index contributed by atoms with van der Waals surface area (Å²) in [5.74, 6) is 1.72. The molecule has 3 aromatic heterocycles. The number of anilines is 1. The van der Waals surface area contributed by atoms with Gasteiger partial charge in [0.25, 0.3) is 0 Å². The Kier molecular flexibility index (Phi) is 6.06. The standard InChI is InChI=1S/C22H32N6OS/c1-5-16(6-2)25-19-18-20(28(13-24-18)12-17-11-23-15(4)30-17)27-21(26-19)22(29)9-7-8-14(3)10-22/h11,13-14,16,29H,5-10,12H2,1-4H3,(H,25,26,27)/t14-,22+/m1/s1. The van der Waals surface area contributed by atoms with Crippen molar-refractivity contribution in [2.45, 2.75) is 84.4 Å². The zero-order valence-electron chi connectivity index (χ0n) is 18.4. The molecule has 4 rings (SSSR count). The molecule has 3 aromatic rings. The van der Waals surface area contributed by atoms with Crippen molar-refractivity contribution in [1.82, 2.24) is 24.5 Å². The van der Waals surface area contributed by atoms with Crippen molar-refractivity contribution >= 4 is 28.3 Å². The fourth-order valence-electron chi connectivity index (χ4n) is 4.43. The topological polar surface area (TPSA) is 88.8 Å². The summed E-state index contributed by atoms with van der Waals surface area (Å²) in [7, 11) is 0. The quantitative estimate of drug-likeness (QED) is 0.570. The second-order valence-corrected chi connectivity index (χ2v) is 10.00. The van der Waals surface area contributed by atoms with Crippen LogP contribution in [0.5, 0.6) is 0 Å². The van der Waals surface area contributed by atoms with E-state index in [1.807, 2.05) is 24.0 Å². The predicted octanol–water partition coefficient (Wildman–Crippen LogP) is 4.64. The van der Waals surface area contributed by atoms with E-state index < -0.39 is 5.60 Å². The van der Waals surface area contributed by atoms with Crippen molar-refractivity contribution in [2.24, 2.45) is 5.92 Å². The lowest BCUT2D eigenvalue weighted by atomic mass is 9.78. The van der Waals surface area contributed by atoms with E-state index in [2.05, 4.69) is 36.1 Å². The minimum absolute atomic E-state index is 0.310. The molecule has 0 aliphatic heterocycles. The summed E-state index contributed by atoms with van der Waals surface area (Å²) in [5.41, 5.74) is 0.553. The van der Waals surface area contributed by atoms with Gasteiger partial charge in [0.1, 0.15) is 11.1 Å². The fourth-order valence-corrected chi connectivity index (χ4v) is 5.22. The third-order valence-corrected chi connectivity index (χ3v) is 7.07. The van der Waals surface area contributed by atoms with Crippen molar-refractivity contribution < 1.29 is 5.11 Å². The lowest BCUT2D eigenvalue weighted by molar-refractivity contribution is -0.0253. The van der Waals surface area contributed by atoms with Gasteiger partial charge in [-0.1, -0.05) is 27.2 Å². The van der Waals surface area contributed by atoms with E-state index in [1.165, 1.54) is 0 Å². The Labute approximate surface area is 182 Å². The fraction of sp³-hybridized carbons (Fsp3) is 0.636. The Morgan fingerprint density at radius 3 is 2.77 bits per heavy atom. The zero-order valence-corrected chi connectivity index (χ0v) is 19.2. The summed E-state index contributed by atoms with van der Waals surface area (Å²) in [4.78, 5) is 19.9. The molecule has 1 saturated carbocycles. The van der Waals surface area contributed by atoms with E-state index in [9.17, 15) is 5.11 Å². The van der Waals surface area contributed by atoms with Gasteiger partial charge in [0, 0.05) is 17.1 Å². The van der Waals surface area contributed by atoms with Crippen molar-refractivity contribution in [3.05, 3.63) is 28.2 Å². The number of aliphatic hydroxyl groups is 1. The lowest BCUT2D eigenvalue weighted by Crippen LogP contribution is -2.34. The van der Waals surface area contributed by atoms with Gasteiger partial charge in [-0.15, -0.1) is 11.3 Å². The predicted molar refractivity (Wildman–Crippen MR) is 121 cm³/mol. The minimum atomic E-state index is -0.980. The SMILES string of the molecule is CCC(CC)Nc1nc([C@]2(O)CCC[C@@H](C)C2)nc2c1ncn2Cc1cnc(C)s1. The Balaban J connectivity index is 1.79. The number of imidazole rings is 1. The molecule has 0 amide bonds. The zero-order chi connectivity index (χ0) is 21.3. The summed E-state index contributed by atoms with van der Waals surface area (Å²) in [6.07, 6.45) is 9.27. The monoisotopic (exact) mass is 428 g/mol. The molecule has 1 fully saturated rings. The average molecular weight is 429 g/mol. The van der Waals surface area contributed by atoms with E-state index in [0.717, 1.165) is 52.5 Å². The highest BCUT2D eigenvalue weighted by molar-refractivity contribution is 7.11. The van der Waals surface area contributed by atoms with Gasteiger partial charge in [0.15, 0.2) is 17.3 Å². The molecule has 1 aliphatic rings. The number of fused-ring (bicyclic) bond motifs is 1. The van der Waals surface area contributed by atoms with Gasteiger partial charge >= 0.3 is 0 Å². The van der Waals surface area contributed by atoms with E-state index >= 15 is 0 Å². The first-order chi connectivity index (χ1) is 14.4. The molecular weight excluding hydrogens is 396 g/mol. The molecule has 3 heterocycles. The highest BCUT2D eigenvalue weighted by Crippen LogP contribution is 2.39. The molecule has 0 spiro atoms. The van der Waals surface area contributed by atoms with E-state index in [4.69, 9.17) is 9.97 Å². The second-order valence-electron chi connectivity index (χ2n) is 8.68. The molecule has 0 aromatic carbocycles. The van der Waals surface area contributed by atoms with Crippen LogP contribution >= 0.6 is 11.3 Å². The van der Waals surface area contributed by atoms with Crippen LogP contribution in [0.4, 0.5) is 5.82 Å². The lowest BCUT2D eigenvalue weighted by Gasteiger charge is -2.34. The van der Waals surface area contributed by atoms with E-state index in [-0.39, 0.29) is 0 Å². The number of hydrogen-bond donors (Lipinski definition) is 2. The molecule has 2 atom stereocenters. The first-order valence-electron chi connectivity index (χ1n) is 11.1. The van der Waals surface area contributed by atoms with Crippen LogP contribution in [0.2, 0.25) is 0 Å². The summed E-state index contributed by atoms with van der Waals surface area (Å²) < 4.78 is 2.04. The highest BCUT2D eigenvalue weighted by atomic mass is 32.1. The highest BCUT2D eigenvalue weighted by Gasteiger charge is 2.38. The average Bonchev–Trinajstić information content (AvgIpc) is 3.32. The van der Waals surface area contributed by atoms with E-state index in [1.54, 1.807) is 11.3 Å². The molecule has 0 radical (unpaired) electrons. The van der Waals surface area contributed by atoms with Crippen LogP contribution in [0, 0.1) is 12.8 Å². The molecule has 0 bridgehead atoms. The Bertz CT molecular complexity index is 1010. The van der Waals surface area contributed by atoms with Gasteiger partial charge in [-0.25, -0.2) is 19.9 Å². The summed E-state index contributed by atoms with van der Waals surface area (Å²) in [6.45, 7) is 9.21. The molecule has 30 heavy (non-hydrogen) atoms. The largest absolute Gasteiger partial charge is 0.382 e. The molecule has 2 N–H and O–H groups in total. The molecule has 0 unspecified atom stereocenters. The molecule has 8 heteroatoms. The normalized spacial score (nSPS) is 22.1. The number of nitrogens with one attached hydrogen (secondary N) is 1. The Morgan fingerprint density at radius 1 is 1.30 bits per heavy atom. The number of aryl methyl sites for hydroxylation is 1. The van der Waals surface area contributed by atoms with Gasteiger partial charge in [-0.05, 0) is 44.9 Å². The van der Waals surface area contributed by atoms with Crippen LogP contribution in [0.15, 0.2) is 12.5 Å². The Hall–Kier alpha value is -2.06. The third kappa shape index (κ3) is 4.21. The Morgan fingerprint density at radius 2 is 2.10 bits per heavy atom. The maximum Gasteiger partial charge on any atom is 0.166 e. The van der Waals surface area contributed by atoms with Crippen molar-refractivity contribution in [3.63, 3.8) is 0 Å². The second kappa shape index (κ2) is 8.59. The molecule has 162 valence electrons. The van der Waals surface area contributed by atoms with Crippen LogP contribution in [0.3, 0.4) is 0 Å². The molecular formula is C22H32N6OS. The number of thiazole rings is 1. The van der Waals surface area contributed by atoms with Crippen LogP contribution in [-0.2, 0) is 12.1 Å². The van der Waals surface area contributed by atoms with E-state index in [0.29, 0.717) is 37.2 Å². The first-order valence-corrected chi connectivity index (χ1v) is 11.9.